The number of furan rings is 1. The second kappa shape index (κ2) is 7.85. The average molecular weight is 372 g/mol. The molecular weight excluding hydrogens is 357 g/mol. The number of rotatable bonds is 7. The number of carbonyl (C=O) groups is 2. The number of alkyl halides is 3. The van der Waals surface area contributed by atoms with Gasteiger partial charge in [-0.25, -0.2) is 9.97 Å². The SMILES string of the molecule is Cc1coc(CC(=O)O)c1C(=O)NCCNc1nccc(C(F)(F)F)n1. The van der Waals surface area contributed by atoms with Crippen molar-refractivity contribution < 1.29 is 32.3 Å². The monoisotopic (exact) mass is 372 g/mol. The van der Waals surface area contributed by atoms with E-state index in [9.17, 15) is 22.8 Å². The van der Waals surface area contributed by atoms with Crippen LogP contribution in [0.3, 0.4) is 0 Å². The molecule has 0 spiro atoms. The summed E-state index contributed by atoms with van der Waals surface area (Å²) in [5.41, 5.74) is -0.470. The molecule has 2 rings (SSSR count). The topological polar surface area (TPSA) is 117 Å². The van der Waals surface area contributed by atoms with Crippen LogP contribution in [0.25, 0.3) is 0 Å². The number of carboxylic acids is 1. The minimum atomic E-state index is -4.58. The Labute approximate surface area is 145 Å². The molecule has 26 heavy (non-hydrogen) atoms. The predicted octanol–water partition coefficient (Wildman–Crippen LogP) is 1.87. The van der Waals surface area contributed by atoms with Gasteiger partial charge in [-0.2, -0.15) is 13.2 Å². The molecule has 3 N–H and O–H groups in total. The maximum absolute atomic E-state index is 12.6. The minimum Gasteiger partial charge on any atom is -0.481 e. The number of carboxylic acid groups (broad SMARTS) is 1. The first-order chi connectivity index (χ1) is 12.2. The molecule has 11 heteroatoms. The van der Waals surface area contributed by atoms with Gasteiger partial charge in [0.15, 0.2) is 0 Å². The van der Waals surface area contributed by atoms with Crippen LogP contribution in [0, 0.1) is 6.92 Å². The fourth-order valence-electron chi connectivity index (χ4n) is 2.11. The summed E-state index contributed by atoms with van der Waals surface area (Å²) in [5.74, 6) is -1.88. The third kappa shape index (κ3) is 4.94. The first-order valence-electron chi connectivity index (χ1n) is 7.39. The zero-order chi connectivity index (χ0) is 19.3. The van der Waals surface area contributed by atoms with Gasteiger partial charge in [0.25, 0.3) is 5.91 Å². The Morgan fingerprint density at radius 2 is 2.04 bits per heavy atom. The fourth-order valence-corrected chi connectivity index (χ4v) is 2.11. The van der Waals surface area contributed by atoms with Gasteiger partial charge in [-0.3, -0.25) is 9.59 Å². The molecule has 2 heterocycles. The fraction of sp³-hybridized carbons (Fsp3) is 0.333. The van der Waals surface area contributed by atoms with E-state index >= 15 is 0 Å². The third-order valence-electron chi connectivity index (χ3n) is 3.23. The summed E-state index contributed by atoms with van der Waals surface area (Å²) in [7, 11) is 0. The minimum absolute atomic E-state index is 0.0293. The van der Waals surface area contributed by atoms with Crippen molar-refractivity contribution in [2.24, 2.45) is 0 Å². The van der Waals surface area contributed by atoms with Crippen LogP contribution in [0.15, 0.2) is 22.9 Å². The number of aryl methyl sites for hydroxylation is 1. The van der Waals surface area contributed by atoms with Crippen LogP contribution in [-0.4, -0.2) is 40.0 Å². The summed E-state index contributed by atoms with van der Waals surface area (Å²) in [6, 6.07) is 0.749. The largest absolute Gasteiger partial charge is 0.481 e. The standard InChI is InChI=1S/C15H15F3N4O4/c1-8-7-26-9(6-11(23)24)12(8)13(25)19-4-5-21-14-20-3-2-10(22-14)15(16,17)18/h2-3,7H,4-6H2,1H3,(H,19,25)(H,23,24)(H,20,21,22). The van der Waals surface area contributed by atoms with Crippen molar-refractivity contribution >= 4 is 17.8 Å². The van der Waals surface area contributed by atoms with E-state index in [2.05, 4.69) is 20.6 Å². The molecule has 1 amide bonds. The molecule has 0 aromatic carbocycles. The number of hydrogen-bond acceptors (Lipinski definition) is 6. The van der Waals surface area contributed by atoms with Crippen LogP contribution < -0.4 is 10.6 Å². The van der Waals surface area contributed by atoms with E-state index in [-0.39, 0.29) is 30.4 Å². The number of aromatic nitrogens is 2. The number of aliphatic carboxylic acids is 1. The zero-order valence-corrected chi connectivity index (χ0v) is 13.6. The van der Waals surface area contributed by atoms with Crippen molar-refractivity contribution in [2.45, 2.75) is 19.5 Å². The van der Waals surface area contributed by atoms with Gasteiger partial charge < -0.3 is 20.2 Å². The molecule has 2 aromatic heterocycles. The first kappa shape index (κ1) is 19.2. The molecule has 0 saturated carbocycles. The summed E-state index contributed by atoms with van der Waals surface area (Å²) in [6.45, 7) is 1.71. The van der Waals surface area contributed by atoms with Crippen molar-refractivity contribution in [1.29, 1.82) is 0 Å². The lowest BCUT2D eigenvalue weighted by molar-refractivity contribution is -0.141. The molecule has 0 aliphatic rings. The molecule has 8 nitrogen and oxygen atoms in total. The lowest BCUT2D eigenvalue weighted by atomic mass is 10.1. The van der Waals surface area contributed by atoms with Gasteiger partial charge in [-0.05, 0) is 13.0 Å². The van der Waals surface area contributed by atoms with E-state index in [0.29, 0.717) is 5.56 Å². The van der Waals surface area contributed by atoms with Gasteiger partial charge in [0.1, 0.15) is 17.9 Å². The number of halogens is 3. The lowest BCUT2D eigenvalue weighted by Crippen LogP contribution is -2.30. The van der Waals surface area contributed by atoms with Gasteiger partial charge in [-0.1, -0.05) is 0 Å². The van der Waals surface area contributed by atoms with Crippen molar-refractivity contribution in [3.8, 4) is 0 Å². The summed E-state index contributed by atoms with van der Waals surface area (Å²) >= 11 is 0. The Kier molecular flexibility index (Phi) is 5.80. The second-order valence-corrected chi connectivity index (χ2v) is 5.23. The van der Waals surface area contributed by atoms with Crippen LogP contribution >= 0.6 is 0 Å². The van der Waals surface area contributed by atoms with E-state index < -0.39 is 30.2 Å². The number of anilines is 1. The quantitative estimate of drug-likeness (QED) is 0.635. The summed E-state index contributed by atoms with van der Waals surface area (Å²) in [5, 5.41) is 13.9. The molecule has 0 aliphatic heterocycles. The molecule has 0 radical (unpaired) electrons. The average Bonchev–Trinajstić information content (AvgIpc) is 2.90. The highest BCUT2D eigenvalue weighted by Crippen LogP contribution is 2.27. The van der Waals surface area contributed by atoms with Gasteiger partial charge in [-0.15, -0.1) is 0 Å². The van der Waals surface area contributed by atoms with Crippen molar-refractivity contribution in [2.75, 3.05) is 18.4 Å². The van der Waals surface area contributed by atoms with Crippen LogP contribution in [0.4, 0.5) is 19.1 Å². The van der Waals surface area contributed by atoms with E-state index in [1.54, 1.807) is 6.92 Å². The smallest absolute Gasteiger partial charge is 0.433 e. The number of amides is 1. The molecule has 0 saturated heterocycles. The molecule has 0 unspecified atom stereocenters. The molecule has 2 aromatic rings. The first-order valence-corrected chi connectivity index (χ1v) is 7.39. The zero-order valence-electron chi connectivity index (χ0n) is 13.6. The number of nitrogens with one attached hydrogen (secondary N) is 2. The second-order valence-electron chi connectivity index (χ2n) is 5.23. The molecule has 140 valence electrons. The summed E-state index contributed by atoms with van der Waals surface area (Å²) in [6.07, 6.45) is -2.76. The van der Waals surface area contributed by atoms with Gasteiger partial charge in [0.05, 0.1) is 11.8 Å². The molecule has 0 atom stereocenters. The Morgan fingerprint density at radius 1 is 1.31 bits per heavy atom. The summed E-state index contributed by atoms with van der Waals surface area (Å²) < 4.78 is 42.7. The van der Waals surface area contributed by atoms with Gasteiger partial charge >= 0.3 is 12.1 Å². The number of carbonyl (C=O) groups excluding carboxylic acids is 1. The van der Waals surface area contributed by atoms with Crippen LogP contribution in [0.2, 0.25) is 0 Å². The number of nitrogens with zero attached hydrogens (tertiary/aromatic N) is 2. The maximum Gasteiger partial charge on any atom is 0.433 e. The van der Waals surface area contributed by atoms with Crippen LogP contribution in [0.1, 0.15) is 27.4 Å². The van der Waals surface area contributed by atoms with E-state index in [4.69, 9.17) is 9.52 Å². The van der Waals surface area contributed by atoms with Gasteiger partial charge in [0, 0.05) is 24.8 Å². The van der Waals surface area contributed by atoms with Crippen LogP contribution in [-0.2, 0) is 17.4 Å². The molecular formula is C15H15F3N4O4. The van der Waals surface area contributed by atoms with E-state index in [1.165, 1.54) is 6.26 Å². The summed E-state index contributed by atoms with van der Waals surface area (Å²) in [4.78, 5) is 29.9. The highest BCUT2D eigenvalue weighted by Gasteiger charge is 2.32. The molecule has 0 bridgehead atoms. The predicted molar refractivity (Wildman–Crippen MR) is 82.6 cm³/mol. The Morgan fingerprint density at radius 3 is 2.69 bits per heavy atom. The highest BCUT2D eigenvalue weighted by atomic mass is 19.4. The number of hydrogen-bond donors (Lipinski definition) is 3. The Hall–Kier alpha value is -3.11. The van der Waals surface area contributed by atoms with Crippen LogP contribution in [0.5, 0.6) is 0 Å². The van der Waals surface area contributed by atoms with Crippen molar-refractivity contribution in [3.63, 3.8) is 0 Å². The Balaban J connectivity index is 1.90. The Bertz CT molecular complexity index is 804. The third-order valence-corrected chi connectivity index (χ3v) is 3.23. The molecule has 0 fully saturated rings. The highest BCUT2D eigenvalue weighted by molar-refractivity contribution is 5.97. The maximum atomic E-state index is 12.6. The molecule has 0 aliphatic carbocycles. The van der Waals surface area contributed by atoms with E-state index in [1.807, 2.05) is 0 Å². The van der Waals surface area contributed by atoms with Crippen molar-refractivity contribution in [1.82, 2.24) is 15.3 Å². The van der Waals surface area contributed by atoms with Gasteiger partial charge in [0.2, 0.25) is 5.95 Å². The van der Waals surface area contributed by atoms with Crippen molar-refractivity contribution in [3.05, 3.63) is 41.1 Å². The normalized spacial score (nSPS) is 11.2. The lowest BCUT2D eigenvalue weighted by Gasteiger charge is -2.09. The van der Waals surface area contributed by atoms with E-state index in [0.717, 1.165) is 12.3 Å².